The fourth-order valence-corrected chi connectivity index (χ4v) is 4.20. The summed E-state index contributed by atoms with van der Waals surface area (Å²) in [4.78, 5) is 110. The Bertz CT molecular complexity index is 1250. The molecule has 4 atom stereocenters. The lowest BCUT2D eigenvalue weighted by Crippen LogP contribution is -2.54. The Balaban J connectivity index is 5.30. The molecule has 0 saturated heterocycles. The van der Waals surface area contributed by atoms with E-state index in [0.29, 0.717) is 38.6 Å². The third-order valence-electron chi connectivity index (χ3n) is 7.07. The van der Waals surface area contributed by atoms with Crippen molar-refractivity contribution in [2.45, 2.75) is 96.3 Å². The summed E-state index contributed by atoms with van der Waals surface area (Å²) >= 11 is 0. The van der Waals surface area contributed by atoms with E-state index in [1.54, 1.807) is 7.05 Å². The molecule has 0 radical (unpaired) electrons. The Hall–Kier alpha value is -5.25. The first-order chi connectivity index (χ1) is 24.1. The van der Waals surface area contributed by atoms with Gasteiger partial charge in [-0.3, -0.25) is 43.2 Å². The highest BCUT2D eigenvalue weighted by Crippen LogP contribution is 2.03. The van der Waals surface area contributed by atoms with E-state index >= 15 is 0 Å². The molecular weight excluding hydrogens is 668 g/mol. The van der Waals surface area contributed by atoms with E-state index < -0.39 is 91.1 Å². The lowest BCUT2D eigenvalue weighted by atomic mass is 10.1. The summed E-state index contributed by atoms with van der Waals surface area (Å²) in [6, 6.07) is -4.04. The van der Waals surface area contributed by atoms with Crippen LogP contribution in [0.3, 0.4) is 0 Å². The van der Waals surface area contributed by atoms with Crippen LogP contribution in [-0.2, 0) is 43.2 Å². The second kappa shape index (κ2) is 26.6. The molecule has 0 aliphatic rings. The normalized spacial score (nSPS) is 12.7. The molecule has 0 saturated carbocycles. The number of rotatable bonds is 26. The topological polar surface area (TPSA) is 288 Å². The molecule has 0 aromatic rings. The number of unbranched alkanes of at least 4 members (excludes halogenated alkanes) is 2. The monoisotopic (exact) mass is 722 g/mol. The quantitative estimate of drug-likeness (QED) is 0.0304. The SMILES string of the molecule is C#CCCC(=O)NCCCC[C@H](NC(=O)CNC(=O)[C@H](C)NC(=O)CNC)C(=O)NCC(=O)N[C@@H](CCCC)C(=O)NCC(=O)N[C@@H](C)C(N)=O. The van der Waals surface area contributed by atoms with Crippen molar-refractivity contribution in [2.24, 2.45) is 5.73 Å². The molecule has 0 aromatic heterocycles. The summed E-state index contributed by atoms with van der Waals surface area (Å²) in [6.07, 6.45) is 8.09. The second-order valence-corrected chi connectivity index (χ2v) is 11.6. The molecule has 9 amide bonds. The lowest BCUT2D eigenvalue weighted by Gasteiger charge is -2.21. The van der Waals surface area contributed by atoms with Crippen LogP contribution in [0.4, 0.5) is 0 Å². The Morgan fingerprint density at radius 2 is 1.08 bits per heavy atom. The highest BCUT2D eigenvalue weighted by atomic mass is 16.2. The van der Waals surface area contributed by atoms with Gasteiger partial charge in [-0.15, -0.1) is 12.3 Å². The summed E-state index contributed by atoms with van der Waals surface area (Å²) in [5.41, 5.74) is 5.12. The number of carbonyl (C=O) groups excluding carboxylic acids is 9. The van der Waals surface area contributed by atoms with Crippen molar-refractivity contribution in [1.29, 1.82) is 0 Å². The number of carbonyl (C=O) groups is 9. The largest absolute Gasteiger partial charge is 0.368 e. The van der Waals surface area contributed by atoms with Crippen molar-refractivity contribution in [3.8, 4) is 12.3 Å². The first-order valence-electron chi connectivity index (χ1n) is 16.8. The number of primary amides is 1. The zero-order valence-electron chi connectivity index (χ0n) is 29.8. The van der Waals surface area contributed by atoms with Gasteiger partial charge in [0, 0.05) is 19.4 Å². The molecule has 0 unspecified atom stereocenters. The Labute approximate surface area is 298 Å². The molecular formula is C32H54N10O9. The molecule has 19 heteroatoms. The maximum atomic E-state index is 13.1. The molecule has 19 nitrogen and oxygen atoms in total. The minimum atomic E-state index is -1.13. The first-order valence-corrected chi connectivity index (χ1v) is 16.8. The summed E-state index contributed by atoms with van der Waals surface area (Å²) in [5.74, 6) is -3.11. The van der Waals surface area contributed by atoms with Gasteiger partial charge in [0.05, 0.1) is 26.2 Å². The van der Waals surface area contributed by atoms with Gasteiger partial charge in [-0.05, 0) is 46.6 Å². The van der Waals surface area contributed by atoms with E-state index in [1.165, 1.54) is 13.8 Å². The highest BCUT2D eigenvalue weighted by molar-refractivity contribution is 5.95. The molecule has 0 fully saturated rings. The van der Waals surface area contributed by atoms with Gasteiger partial charge in [-0.2, -0.15) is 0 Å². The van der Waals surface area contributed by atoms with Crippen LogP contribution < -0.4 is 53.6 Å². The van der Waals surface area contributed by atoms with Crippen LogP contribution in [0.15, 0.2) is 0 Å². The van der Waals surface area contributed by atoms with Gasteiger partial charge < -0.3 is 53.6 Å². The number of likely N-dealkylation sites (N-methyl/N-ethyl adjacent to an activating group) is 1. The molecule has 0 bridgehead atoms. The predicted octanol–water partition coefficient (Wildman–Crippen LogP) is -4.09. The zero-order valence-corrected chi connectivity index (χ0v) is 29.8. The van der Waals surface area contributed by atoms with E-state index in [4.69, 9.17) is 12.2 Å². The van der Waals surface area contributed by atoms with Crippen LogP contribution in [0.1, 0.15) is 72.1 Å². The van der Waals surface area contributed by atoms with Crippen molar-refractivity contribution in [3.05, 3.63) is 0 Å². The van der Waals surface area contributed by atoms with Crippen LogP contribution in [0.5, 0.6) is 0 Å². The maximum absolute atomic E-state index is 13.1. The molecule has 0 aliphatic heterocycles. The van der Waals surface area contributed by atoms with Gasteiger partial charge in [0.2, 0.25) is 53.2 Å². The molecule has 0 aromatic carbocycles. The van der Waals surface area contributed by atoms with Crippen molar-refractivity contribution in [3.63, 3.8) is 0 Å². The van der Waals surface area contributed by atoms with Crippen molar-refractivity contribution in [2.75, 3.05) is 39.8 Å². The van der Waals surface area contributed by atoms with Crippen LogP contribution in [0, 0.1) is 12.3 Å². The zero-order chi connectivity index (χ0) is 38.8. The summed E-state index contributed by atoms with van der Waals surface area (Å²) in [6.45, 7) is 3.47. The van der Waals surface area contributed by atoms with Gasteiger partial charge in [0.25, 0.3) is 0 Å². The smallest absolute Gasteiger partial charge is 0.243 e. The number of hydrogen-bond acceptors (Lipinski definition) is 10. The Morgan fingerprint density at radius 3 is 1.57 bits per heavy atom. The van der Waals surface area contributed by atoms with Crippen LogP contribution in [0.2, 0.25) is 0 Å². The molecule has 0 rings (SSSR count). The van der Waals surface area contributed by atoms with E-state index in [9.17, 15) is 43.2 Å². The minimum absolute atomic E-state index is 0.00803. The van der Waals surface area contributed by atoms with E-state index in [0.717, 1.165) is 0 Å². The number of nitrogens with two attached hydrogens (primary N) is 1. The van der Waals surface area contributed by atoms with E-state index in [-0.39, 0.29) is 31.7 Å². The van der Waals surface area contributed by atoms with Crippen molar-refractivity contribution < 1.29 is 43.2 Å². The average Bonchev–Trinajstić information content (AvgIpc) is 3.08. The van der Waals surface area contributed by atoms with Crippen LogP contribution >= 0.6 is 0 Å². The van der Waals surface area contributed by atoms with Gasteiger partial charge in [-0.25, -0.2) is 0 Å². The fourth-order valence-electron chi connectivity index (χ4n) is 4.20. The lowest BCUT2D eigenvalue weighted by molar-refractivity contribution is -0.132. The Morgan fingerprint density at radius 1 is 0.608 bits per heavy atom. The van der Waals surface area contributed by atoms with Gasteiger partial charge in [0.15, 0.2) is 0 Å². The summed E-state index contributed by atoms with van der Waals surface area (Å²) in [5, 5.41) is 22.4. The third kappa shape index (κ3) is 22.2. The number of amides is 9. The first kappa shape index (κ1) is 45.8. The fraction of sp³-hybridized carbons (Fsp3) is 0.656. The number of hydrogen-bond donors (Lipinski definition) is 10. The molecule has 286 valence electrons. The minimum Gasteiger partial charge on any atom is -0.368 e. The number of nitrogens with one attached hydrogen (secondary N) is 9. The highest BCUT2D eigenvalue weighted by Gasteiger charge is 2.25. The van der Waals surface area contributed by atoms with Crippen molar-refractivity contribution >= 4 is 53.2 Å². The maximum Gasteiger partial charge on any atom is 0.243 e. The molecule has 0 aliphatic carbocycles. The van der Waals surface area contributed by atoms with Gasteiger partial charge in [-0.1, -0.05) is 19.8 Å². The molecule has 0 heterocycles. The molecule has 0 spiro atoms. The second-order valence-electron chi connectivity index (χ2n) is 11.6. The van der Waals surface area contributed by atoms with Crippen molar-refractivity contribution in [1.82, 2.24) is 47.9 Å². The van der Waals surface area contributed by atoms with E-state index in [1.807, 2.05) is 6.92 Å². The average molecular weight is 723 g/mol. The van der Waals surface area contributed by atoms with Crippen LogP contribution in [-0.4, -0.2) is 117 Å². The Kier molecular flexibility index (Phi) is 23.9. The molecule has 51 heavy (non-hydrogen) atoms. The predicted molar refractivity (Wildman–Crippen MR) is 186 cm³/mol. The van der Waals surface area contributed by atoms with Crippen LogP contribution in [0.25, 0.3) is 0 Å². The summed E-state index contributed by atoms with van der Waals surface area (Å²) in [7, 11) is 1.57. The van der Waals surface area contributed by atoms with E-state index in [2.05, 4.69) is 53.8 Å². The third-order valence-corrected chi connectivity index (χ3v) is 7.07. The summed E-state index contributed by atoms with van der Waals surface area (Å²) < 4.78 is 0. The van der Waals surface area contributed by atoms with Gasteiger partial charge >= 0.3 is 0 Å². The number of terminal acetylenes is 1. The standard InChI is InChI=1S/C32H54N10O9/c1-6-8-12-22(31(50)37-17-26(45)39-20(3)29(33)48)41-28(47)19-38-32(51)23(13-10-11-15-35-24(43)14-9-7-2)42-27(46)18-36-30(49)21(4)40-25(44)16-34-5/h2,20-23,34H,6,8-19H2,1,3-5H3,(H2,33,48)(H,35,43)(H,36,49)(H,37,50)(H,38,51)(H,39,45)(H,40,44)(H,41,47)(H,42,46)/t20-,21-,22-,23-/m0/s1. The van der Waals surface area contributed by atoms with Gasteiger partial charge in [0.1, 0.15) is 24.2 Å². The molecule has 11 N–H and O–H groups in total.